The van der Waals surface area contributed by atoms with Crippen molar-refractivity contribution in [1.82, 2.24) is 8.61 Å². The number of benzene rings is 1. The van der Waals surface area contributed by atoms with Crippen LogP contribution in [0.4, 0.5) is 0 Å². The molecule has 1 saturated heterocycles. The van der Waals surface area contributed by atoms with Crippen LogP contribution in [0.25, 0.3) is 0 Å². The molecule has 22 heavy (non-hydrogen) atoms. The van der Waals surface area contributed by atoms with Crippen LogP contribution in [-0.2, 0) is 10.2 Å². The fourth-order valence-corrected chi connectivity index (χ4v) is 4.16. The van der Waals surface area contributed by atoms with Crippen molar-refractivity contribution >= 4 is 16.2 Å². The summed E-state index contributed by atoms with van der Waals surface area (Å²) in [5.41, 5.74) is 1.13. The third kappa shape index (κ3) is 3.48. The lowest BCUT2D eigenvalue weighted by Crippen LogP contribution is -2.46. The maximum absolute atomic E-state index is 12.4. The molecule has 1 atom stereocenters. The molecule has 0 radical (unpaired) electrons. The molecule has 0 amide bonds. The van der Waals surface area contributed by atoms with Crippen LogP contribution in [0.2, 0.25) is 0 Å². The summed E-state index contributed by atoms with van der Waals surface area (Å²) < 4.78 is 27.7. The maximum Gasteiger partial charge on any atom is 0.335 e. The van der Waals surface area contributed by atoms with Gasteiger partial charge in [-0.25, -0.2) is 4.79 Å². The zero-order valence-electron chi connectivity index (χ0n) is 12.9. The molecular weight excluding hydrogens is 304 g/mol. The summed E-state index contributed by atoms with van der Waals surface area (Å²) in [6, 6.07) is 6.78. The standard InChI is InChI=1S/C15H22N2O4S/c1-3-16(2)22(20,21)17-9-5-8-14(11-17)12-6-4-7-13(10-12)15(18)19/h4,6-7,10,14H,3,5,8-9,11H2,1-2H3,(H,18,19)/t14-/m1/s1. The average molecular weight is 326 g/mol. The number of hydrogen-bond acceptors (Lipinski definition) is 3. The van der Waals surface area contributed by atoms with Crippen molar-refractivity contribution in [3.63, 3.8) is 0 Å². The first-order valence-corrected chi connectivity index (χ1v) is 8.80. The highest BCUT2D eigenvalue weighted by atomic mass is 32.2. The Morgan fingerprint density at radius 2 is 2.18 bits per heavy atom. The van der Waals surface area contributed by atoms with Gasteiger partial charge in [0.25, 0.3) is 10.2 Å². The first-order valence-electron chi connectivity index (χ1n) is 7.41. The molecule has 1 N–H and O–H groups in total. The van der Waals surface area contributed by atoms with Crippen molar-refractivity contribution < 1.29 is 18.3 Å². The molecule has 0 spiro atoms. The van der Waals surface area contributed by atoms with E-state index in [1.807, 2.05) is 6.07 Å². The molecule has 0 saturated carbocycles. The second kappa shape index (κ2) is 6.76. The monoisotopic (exact) mass is 326 g/mol. The molecule has 7 heteroatoms. The van der Waals surface area contributed by atoms with Crippen LogP contribution < -0.4 is 0 Å². The highest BCUT2D eigenvalue weighted by molar-refractivity contribution is 7.86. The highest BCUT2D eigenvalue weighted by Gasteiger charge is 2.31. The predicted molar refractivity (Wildman–Crippen MR) is 84.2 cm³/mol. The Bertz CT molecular complexity index is 645. The largest absolute Gasteiger partial charge is 0.478 e. The van der Waals surface area contributed by atoms with Crippen molar-refractivity contribution in [2.45, 2.75) is 25.7 Å². The Hall–Kier alpha value is -1.44. The Labute approximate surface area is 131 Å². The van der Waals surface area contributed by atoms with Crippen molar-refractivity contribution in [3.05, 3.63) is 35.4 Å². The Morgan fingerprint density at radius 1 is 1.45 bits per heavy atom. The molecule has 0 aromatic heterocycles. The lowest BCUT2D eigenvalue weighted by atomic mass is 9.91. The fourth-order valence-electron chi connectivity index (χ4n) is 2.71. The van der Waals surface area contributed by atoms with E-state index in [1.54, 1.807) is 32.2 Å². The minimum atomic E-state index is -3.43. The number of rotatable bonds is 5. The van der Waals surface area contributed by atoms with Crippen LogP contribution in [0.3, 0.4) is 0 Å². The lowest BCUT2D eigenvalue weighted by molar-refractivity contribution is 0.0696. The smallest absolute Gasteiger partial charge is 0.335 e. The van der Waals surface area contributed by atoms with Gasteiger partial charge in [-0.05, 0) is 36.5 Å². The van der Waals surface area contributed by atoms with Gasteiger partial charge in [-0.3, -0.25) is 0 Å². The minimum Gasteiger partial charge on any atom is -0.478 e. The molecule has 122 valence electrons. The first-order chi connectivity index (χ1) is 10.4. The number of nitrogens with zero attached hydrogens (tertiary/aromatic N) is 2. The van der Waals surface area contributed by atoms with Gasteiger partial charge in [-0.1, -0.05) is 19.1 Å². The number of carbonyl (C=O) groups is 1. The molecule has 6 nitrogen and oxygen atoms in total. The van der Waals surface area contributed by atoms with E-state index in [-0.39, 0.29) is 11.5 Å². The fraction of sp³-hybridized carbons (Fsp3) is 0.533. The minimum absolute atomic E-state index is 0.0353. The van der Waals surface area contributed by atoms with E-state index in [9.17, 15) is 13.2 Å². The SMILES string of the molecule is CCN(C)S(=O)(=O)N1CCC[C@@H](c2cccc(C(=O)O)c2)C1. The number of hydrogen-bond donors (Lipinski definition) is 1. The first kappa shape index (κ1) is 16.9. The lowest BCUT2D eigenvalue weighted by Gasteiger charge is -2.34. The zero-order valence-corrected chi connectivity index (χ0v) is 13.7. The van der Waals surface area contributed by atoms with Crippen molar-refractivity contribution in [2.75, 3.05) is 26.7 Å². The molecule has 1 aromatic rings. The maximum atomic E-state index is 12.4. The van der Waals surface area contributed by atoms with Crippen LogP contribution >= 0.6 is 0 Å². The molecule has 1 aliphatic heterocycles. The summed E-state index contributed by atoms with van der Waals surface area (Å²) in [6.07, 6.45) is 1.64. The molecule has 2 rings (SSSR count). The van der Waals surface area contributed by atoms with Gasteiger partial charge >= 0.3 is 5.97 Å². The summed E-state index contributed by atoms with van der Waals surface area (Å²) in [7, 11) is -1.86. The van der Waals surface area contributed by atoms with E-state index >= 15 is 0 Å². The summed E-state index contributed by atoms with van der Waals surface area (Å²) in [4.78, 5) is 11.1. The van der Waals surface area contributed by atoms with Gasteiger partial charge in [0.1, 0.15) is 0 Å². The van der Waals surface area contributed by atoms with Gasteiger partial charge in [0.05, 0.1) is 5.56 Å². The summed E-state index contributed by atoms with van der Waals surface area (Å²) in [5.74, 6) is -0.930. The molecule has 0 unspecified atom stereocenters. The van der Waals surface area contributed by atoms with E-state index in [0.717, 1.165) is 18.4 Å². The molecular formula is C15H22N2O4S. The molecule has 1 heterocycles. The van der Waals surface area contributed by atoms with E-state index in [4.69, 9.17) is 5.11 Å². The zero-order chi connectivity index (χ0) is 16.3. The second-order valence-corrected chi connectivity index (χ2v) is 7.59. The van der Waals surface area contributed by atoms with Crippen molar-refractivity contribution in [2.24, 2.45) is 0 Å². The highest BCUT2D eigenvalue weighted by Crippen LogP contribution is 2.29. The van der Waals surface area contributed by atoms with Gasteiger partial charge in [-0.2, -0.15) is 17.0 Å². The topological polar surface area (TPSA) is 77.9 Å². The van der Waals surface area contributed by atoms with E-state index in [0.29, 0.717) is 19.6 Å². The third-order valence-electron chi connectivity index (χ3n) is 4.15. The average Bonchev–Trinajstić information content (AvgIpc) is 2.54. The Balaban J connectivity index is 2.21. The summed E-state index contributed by atoms with van der Waals surface area (Å²) in [5, 5.41) is 9.08. The molecule has 1 aliphatic rings. The van der Waals surface area contributed by atoms with Crippen LogP contribution in [0, 0.1) is 0 Å². The molecule has 1 fully saturated rings. The van der Waals surface area contributed by atoms with Crippen molar-refractivity contribution in [1.29, 1.82) is 0 Å². The van der Waals surface area contributed by atoms with Gasteiger partial charge in [0.15, 0.2) is 0 Å². The number of piperidine rings is 1. The molecule has 0 bridgehead atoms. The third-order valence-corrected chi connectivity index (χ3v) is 6.18. The van der Waals surface area contributed by atoms with Gasteiger partial charge < -0.3 is 5.11 Å². The van der Waals surface area contributed by atoms with Crippen LogP contribution in [0.15, 0.2) is 24.3 Å². The van der Waals surface area contributed by atoms with E-state index in [2.05, 4.69) is 0 Å². The van der Waals surface area contributed by atoms with Gasteiger partial charge in [0, 0.05) is 26.7 Å². The molecule has 0 aliphatic carbocycles. The van der Waals surface area contributed by atoms with Crippen LogP contribution in [-0.4, -0.2) is 54.8 Å². The quantitative estimate of drug-likeness (QED) is 0.894. The van der Waals surface area contributed by atoms with E-state index in [1.165, 1.54) is 8.61 Å². The Kier molecular flexibility index (Phi) is 5.20. The van der Waals surface area contributed by atoms with Crippen LogP contribution in [0.1, 0.15) is 41.6 Å². The molecule has 1 aromatic carbocycles. The van der Waals surface area contributed by atoms with Gasteiger partial charge in [0.2, 0.25) is 0 Å². The number of carboxylic acids is 1. The summed E-state index contributed by atoms with van der Waals surface area (Å²) >= 11 is 0. The van der Waals surface area contributed by atoms with Crippen molar-refractivity contribution in [3.8, 4) is 0 Å². The van der Waals surface area contributed by atoms with Gasteiger partial charge in [-0.15, -0.1) is 0 Å². The number of aromatic carboxylic acids is 1. The second-order valence-electron chi connectivity index (χ2n) is 5.55. The predicted octanol–water partition coefficient (Wildman–Crippen LogP) is 1.76. The van der Waals surface area contributed by atoms with E-state index < -0.39 is 16.2 Å². The van der Waals surface area contributed by atoms with Crippen LogP contribution in [0.5, 0.6) is 0 Å². The Morgan fingerprint density at radius 3 is 2.82 bits per heavy atom. The summed E-state index contributed by atoms with van der Waals surface area (Å²) in [6.45, 7) is 3.14. The number of carboxylic acid groups (broad SMARTS) is 1. The normalized spacial score (nSPS) is 20.2.